The van der Waals surface area contributed by atoms with Crippen LogP contribution in [0.4, 0.5) is 5.69 Å². The summed E-state index contributed by atoms with van der Waals surface area (Å²) in [5.41, 5.74) is 0.751. The Morgan fingerprint density at radius 3 is 2.71 bits per heavy atom. The quantitative estimate of drug-likeness (QED) is 0.600. The summed E-state index contributed by atoms with van der Waals surface area (Å²) in [6, 6.07) is 9.77. The van der Waals surface area contributed by atoms with Gasteiger partial charge in [-0.2, -0.15) is 0 Å². The van der Waals surface area contributed by atoms with Gasteiger partial charge in [0.15, 0.2) is 0 Å². The third kappa shape index (κ3) is 2.57. The lowest BCUT2D eigenvalue weighted by atomic mass is 10.2. The molecule has 2 aromatic rings. The molecule has 0 spiro atoms. The van der Waals surface area contributed by atoms with Gasteiger partial charge in [0.25, 0.3) is 5.69 Å². The maximum Gasteiger partial charge on any atom is 0.269 e. The monoisotopic (exact) mass is 230 g/mol. The maximum absolute atomic E-state index is 10.6. The van der Waals surface area contributed by atoms with Gasteiger partial charge in [-0.3, -0.25) is 10.1 Å². The van der Waals surface area contributed by atoms with Crippen molar-refractivity contribution < 1.29 is 9.66 Å². The molecule has 0 aliphatic rings. The standard InChI is InChI=1S/C12H10N2O3/c1-9-8-10(14(15)16)5-6-11(9)17-12-4-2-3-7-13-12/h2-8H,1H3. The molecule has 0 N–H and O–H groups in total. The van der Waals surface area contributed by atoms with Crippen LogP contribution in [0.15, 0.2) is 42.6 Å². The molecule has 1 aromatic carbocycles. The Hall–Kier alpha value is -2.43. The Morgan fingerprint density at radius 1 is 1.29 bits per heavy atom. The van der Waals surface area contributed by atoms with E-state index in [0.717, 1.165) is 0 Å². The summed E-state index contributed by atoms with van der Waals surface area (Å²) in [4.78, 5) is 14.2. The predicted molar refractivity (Wildman–Crippen MR) is 62.1 cm³/mol. The van der Waals surface area contributed by atoms with Crippen LogP contribution in [0, 0.1) is 17.0 Å². The molecule has 17 heavy (non-hydrogen) atoms. The Bertz CT molecular complexity index is 541. The minimum atomic E-state index is -0.433. The van der Waals surface area contributed by atoms with Crippen LogP contribution in [-0.2, 0) is 0 Å². The van der Waals surface area contributed by atoms with Gasteiger partial charge in [-0.25, -0.2) is 4.98 Å². The van der Waals surface area contributed by atoms with E-state index in [4.69, 9.17) is 4.74 Å². The number of aryl methyl sites for hydroxylation is 1. The number of ether oxygens (including phenoxy) is 1. The molecular weight excluding hydrogens is 220 g/mol. The topological polar surface area (TPSA) is 65.3 Å². The number of nitro groups is 1. The second-order valence-corrected chi connectivity index (χ2v) is 3.48. The normalized spacial score (nSPS) is 9.94. The van der Waals surface area contributed by atoms with Crippen molar-refractivity contribution in [2.75, 3.05) is 0 Å². The van der Waals surface area contributed by atoms with E-state index in [2.05, 4.69) is 4.98 Å². The fraction of sp³-hybridized carbons (Fsp3) is 0.0833. The van der Waals surface area contributed by atoms with E-state index in [9.17, 15) is 10.1 Å². The van der Waals surface area contributed by atoms with Gasteiger partial charge >= 0.3 is 0 Å². The van der Waals surface area contributed by atoms with E-state index < -0.39 is 4.92 Å². The molecule has 0 aliphatic heterocycles. The summed E-state index contributed by atoms with van der Waals surface area (Å²) in [5.74, 6) is 1.03. The largest absolute Gasteiger partial charge is 0.439 e. The summed E-state index contributed by atoms with van der Waals surface area (Å²) in [6.45, 7) is 1.76. The highest BCUT2D eigenvalue weighted by atomic mass is 16.6. The van der Waals surface area contributed by atoms with Crippen LogP contribution in [0.5, 0.6) is 11.6 Å². The molecular formula is C12H10N2O3. The minimum absolute atomic E-state index is 0.0517. The Balaban J connectivity index is 2.26. The Labute approximate surface area is 97.8 Å². The van der Waals surface area contributed by atoms with Crippen LogP contribution in [0.2, 0.25) is 0 Å². The molecule has 1 aromatic heterocycles. The summed E-state index contributed by atoms with van der Waals surface area (Å²) in [6.07, 6.45) is 1.62. The third-order valence-corrected chi connectivity index (χ3v) is 2.22. The van der Waals surface area contributed by atoms with E-state index in [-0.39, 0.29) is 5.69 Å². The van der Waals surface area contributed by atoms with Crippen molar-refractivity contribution in [1.82, 2.24) is 4.98 Å². The van der Waals surface area contributed by atoms with E-state index >= 15 is 0 Å². The van der Waals surface area contributed by atoms with Crippen LogP contribution in [0.1, 0.15) is 5.56 Å². The molecule has 0 fully saturated rings. The minimum Gasteiger partial charge on any atom is -0.439 e. The average Bonchev–Trinajstić information content (AvgIpc) is 2.33. The van der Waals surface area contributed by atoms with Gasteiger partial charge < -0.3 is 4.74 Å². The van der Waals surface area contributed by atoms with E-state index in [0.29, 0.717) is 17.2 Å². The Morgan fingerprint density at radius 2 is 2.12 bits per heavy atom. The molecule has 0 saturated heterocycles. The molecule has 0 unspecified atom stereocenters. The second-order valence-electron chi connectivity index (χ2n) is 3.48. The summed E-state index contributed by atoms with van der Waals surface area (Å²) < 4.78 is 5.51. The highest BCUT2D eigenvalue weighted by Gasteiger charge is 2.09. The van der Waals surface area contributed by atoms with Crippen LogP contribution < -0.4 is 4.74 Å². The highest BCUT2D eigenvalue weighted by molar-refractivity contribution is 5.44. The summed E-state index contributed by atoms with van der Waals surface area (Å²) in [5, 5.41) is 10.6. The molecule has 0 aliphatic carbocycles. The Kier molecular flexibility index (Phi) is 3.00. The van der Waals surface area contributed by atoms with Gasteiger partial charge in [0.2, 0.25) is 5.88 Å². The van der Waals surface area contributed by atoms with E-state index in [1.807, 2.05) is 6.07 Å². The molecule has 0 bridgehead atoms. The van der Waals surface area contributed by atoms with E-state index in [1.54, 1.807) is 31.3 Å². The van der Waals surface area contributed by atoms with Crippen LogP contribution in [-0.4, -0.2) is 9.91 Å². The molecule has 0 amide bonds. The number of hydrogen-bond donors (Lipinski definition) is 0. The van der Waals surface area contributed by atoms with Gasteiger partial charge in [0.1, 0.15) is 5.75 Å². The SMILES string of the molecule is Cc1cc([N+](=O)[O-])ccc1Oc1ccccn1. The van der Waals surface area contributed by atoms with Gasteiger partial charge in [-0.15, -0.1) is 0 Å². The number of hydrogen-bond acceptors (Lipinski definition) is 4. The molecule has 5 heteroatoms. The molecule has 86 valence electrons. The van der Waals surface area contributed by atoms with Crippen molar-refractivity contribution in [2.45, 2.75) is 6.92 Å². The molecule has 2 rings (SSSR count). The van der Waals surface area contributed by atoms with Gasteiger partial charge in [0, 0.05) is 24.4 Å². The van der Waals surface area contributed by atoms with Crippen molar-refractivity contribution >= 4 is 5.69 Å². The van der Waals surface area contributed by atoms with Crippen molar-refractivity contribution in [2.24, 2.45) is 0 Å². The predicted octanol–water partition coefficient (Wildman–Crippen LogP) is 3.09. The zero-order valence-corrected chi connectivity index (χ0v) is 9.16. The van der Waals surface area contributed by atoms with Crippen molar-refractivity contribution in [3.05, 3.63) is 58.3 Å². The number of pyridine rings is 1. The first kappa shape index (κ1) is 11.1. The second kappa shape index (κ2) is 4.61. The number of nitro benzene ring substituents is 1. The summed E-state index contributed by atoms with van der Waals surface area (Å²) in [7, 11) is 0. The van der Waals surface area contributed by atoms with Crippen LogP contribution >= 0.6 is 0 Å². The third-order valence-electron chi connectivity index (χ3n) is 2.22. The van der Waals surface area contributed by atoms with Crippen molar-refractivity contribution in [3.63, 3.8) is 0 Å². The summed E-state index contributed by atoms with van der Waals surface area (Å²) >= 11 is 0. The zero-order valence-electron chi connectivity index (χ0n) is 9.16. The average molecular weight is 230 g/mol. The first-order valence-corrected chi connectivity index (χ1v) is 5.01. The lowest BCUT2D eigenvalue weighted by Crippen LogP contribution is -1.92. The lowest BCUT2D eigenvalue weighted by molar-refractivity contribution is -0.384. The fourth-order valence-corrected chi connectivity index (χ4v) is 1.38. The van der Waals surface area contributed by atoms with Crippen LogP contribution in [0.25, 0.3) is 0 Å². The maximum atomic E-state index is 10.6. The number of nitrogens with zero attached hydrogens (tertiary/aromatic N) is 2. The smallest absolute Gasteiger partial charge is 0.269 e. The number of rotatable bonds is 3. The molecule has 0 saturated carbocycles. The first-order valence-electron chi connectivity index (χ1n) is 5.01. The first-order chi connectivity index (χ1) is 8.16. The fourth-order valence-electron chi connectivity index (χ4n) is 1.38. The lowest BCUT2D eigenvalue weighted by Gasteiger charge is -2.06. The van der Waals surface area contributed by atoms with Crippen LogP contribution in [0.3, 0.4) is 0 Å². The van der Waals surface area contributed by atoms with Crippen molar-refractivity contribution in [1.29, 1.82) is 0 Å². The van der Waals surface area contributed by atoms with Gasteiger partial charge in [-0.05, 0) is 24.6 Å². The zero-order chi connectivity index (χ0) is 12.3. The number of non-ortho nitro benzene ring substituents is 1. The van der Waals surface area contributed by atoms with Crippen molar-refractivity contribution in [3.8, 4) is 11.6 Å². The highest BCUT2D eigenvalue weighted by Crippen LogP contribution is 2.26. The number of benzene rings is 1. The number of aromatic nitrogens is 1. The van der Waals surface area contributed by atoms with E-state index in [1.165, 1.54) is 12.1 Å². The molecule has 1 heterocycles. The molecule has 5 nitrogen and oxygen atoms in total. The molecule has 0 radical (unpaired) electrons. The molecule has 0 atom stereocenters. The van der Waals surface area contributed by atoms with Gasteiger partial charge in [0.05, 0.1) is 4.92 Å². The van der Waals surface area contributed by atoms with Gasteiger partial charge in [-0.1, -0.05) is 6.07 Å².